The quantitative estimate of drug-likeness (QED) is 0.213. The lowest BCUT2D eigenvalue weighted by Crippen LogP contribution is -2.28. The van der Waals surface area contributed by atoms with Gasteiger partial charge in [0.1, 0.15) is 33.8 Å². The number of benzene rings is 1. The largest absolute Gasteiger partial charge is 0.392 e. The number of imidazole rings is 1. The highest BCUT2D eigenvalue weighted by Gasteiger charge is 2.28. The summed E-state index contributed by atoms with van der Waals surface area (Å²) in [5.74, 6) is 1.06. The van der Waals surface area contributed by atoms with Crippen LogP contribution in [0.15, 0.2) is 70.5 Å². The first kappa shape index (κ1) is 31.1. The molecule has 6 aromatic rings. The molecule has 238 valence electrons. The topological polar surface area (TPSA) is 207 Å². The second-order valence-electron chi connectivity index (χ2n) is 11.6. The van der Waals surface area contributed by atoms with E-state index in [4.69, 9.17) is 16.5 Å². The van der Waals surface area contributed by atoms with Crippen LogP contribution in [0.5, 0.6) is 0 Å². The minimum Gasteiger partial charge on any atom is -0.392 e. The van der Waals surface area contributed by atoms with E-state index in [2.05, 4.69) is 16.0 Å². The molecular formula is C33H32N10O4. The number of fused-ring (bicyclic) bond motifs is 4. The van der Waals surface area contributed by atoms with E-state index >= 15 is 0 Å². The number of nitrogens with zero attached hydrogens (tertiary/aromatic N) is 8. The third-order valence-corrected chi connectivity index (χ3v) is 8.75. The predicted molar refractivity (Wildman–Crippen MR) is 178 cm³/mol. The van der Waals surface area contributed by atoms with Gasteiger partial charge in [0.25, 0.3) is 5.56 Å². The molecule has 1 aliphatic rings. The zero-order valence-corrected chi connectivity index (χ0v) is 25.8. The molecule has 4 N–H and O–H groups in total. The maximum absolute atomic E-state index is 13.4. The summed E-state index contributed by atoms with van der Waals surface area (Å²) in [6, 6.07) is 16.9. The summed E-state index contributed by atoms with van der Waals surface area (Å²) in [6.45, 7) is 0.419. The van der Waals surface area contributed by atoms with Gasteiger partial charge in [0, 0.05) is 49.2 Å². The number of nitrogens with two attached hydrogens (primary N) is 2. The number of rotatable bonds is 4. The number of hydrogen-bond acceptors (Lipinski definition) is 10. The molecule has 0 aliphatic heterocycles. The highest BCUT2D eigenvalue weighted by Crippen LogP contribution is 2.35. The summed E-state index contributed by atoms with van der Waals surface area (Å²) in [5, 5.41) is 21.6. The van der Waals surface area contributed by atoms with Crippen molar-refractivity contribution >= 4 is 44.5 Å². The molecule has 2 atom stereocenters. The molecule has 0 bridgehead atoms. The fourth-order valence-corrected chi connectivity index (χ4v) is 6.40. The molecule has 1 fully saturated rings. The van der Waals surface area contributed by atoms with Gasteiger partial charge in [-0.2, -0.15) is 5.26 Å². The van der Waals surface area contributed by atoms with Gasteiger partial charge in [-0.25, -0.2) is 15.0 Å². The van der Waals surface area contributed by atoms with Crippen LogP contribution in [0.3, 0.4) is 0 Å². The highest BCUT2D eigenvalue weighted by atomic mass is 16.6. The molecule has 5 aromatic heterocycles. The molecule has 1 aromatic carbocycles. The van der Waals surface area contributed by atoms with E-state index < -0.39 is 16.2 Å². The van der Waals surface area contributed by atoms with Crippen molar-refractivity contribution in [3.63, 3.8) is 0 Å². The molecule has 0 spiro atoms. The Bertz CT molecular complexity index is 2350. The van der Waals surface area contributed by atoms with Crippen LogP contribution >= 0.6 is 0 Å². The fraction of sp³-hybridized carbons (Fsp3) is 0.273. The smallest absolute Gasteiger partial charge is 0.357 e. The third-order valence-electron chi connectivity index (χ3n) is 8.75. The average molecular weight is 633 g/mol. The van der Waals surface area contributed by atoms with Gasteiger partial charge in [-0.15, -0.1) is 0 Å². The van der Waals surface area contributed by atoms with Gasteiger partial charge in [0.05, 0.1) is 23.1 Å². The summed E-state index contributed by atoms with van der Waals surface area (Å²) < 4.78 is 4.72. The van der Waals surface area contributed by atoms with Crippen LogP contribution in [0.4, 0.5) is 11.4 Å². The van der Waals surface area contributed by atoms with Crippen LogP contribution in [0.2, 0.25) is 0 Å². The molecule has 1 unspecified atom stereocenters. The molecule has 1 aliphatic carbocycles. The van der Waals surface area contributed by atoms with E-state index in [1.54, 1.807) is 29.9 Å². The van der Waals surface area contributed by atoms with Crippen LogP contribution in [-0.2, 0) is 20.6 Å². The van der Waals surface area contributed by atoms with Crippen molar-refractivity contribution < 1.29 is 4.92 Å². The Balaban J connectivity index is 0.000000203. The Morgan fingerprint density at radius 3 is 2.32 bits per heavy atom. The number of hydrogen-bond donors (Lipinski definition) is 2. The molecule has 0 saturated heterocycles. The Hall–Kier alpha value is -5.94. The first-order valence-electron chi connectivity index (χ1n) is 15.1. The molecule has 14 nitrogen and oxygen atoms in total. The van der Waals surface area contributed by atoms with Crippen molar-refractivity contribution in [1.82, 2.24) is 28.7 Å². The van der Waals surface area contributed by atoms with Gasteiger partial charge < -0.3 is 16.0 Å². The van der Waals surface area contributed by atoms with Crippen molar-refractivity contribution in [3.8, 4) is 6.07 Å². The maximum atomic E-state index is 13.4. The van der Waals surface area contributed by atoms with E-state index in [1.165, 1.54) is 13.2 Å². The Labute approximate surface area is 267 Å². The zero-order valence-electron chi connectivity index (χ0n) is 25.8. The maximum Gasteiger partial charge on any atom is 0.357 e. The number of nitrogen functional groups attached to an aromatic ring is 1. The second-order valence-corrected chi connectivity index (χ2v) is 11.6. The van der Waals surface area contributed by atoms with Crippen molar-refractivity contribution in [3.05, 3.63) is 109 Å². The van der Waals surface area contributed by atoms with Crippen molar-refractivity contribution in [2.45, 2.75) is 44.2 Å². The monoisotopic (exact) mass is 632 g/mol. The molecule has 0 radical (unpaired) electrons. The van der Waals surface area contributed by atoms with E-state index in [-0.39, 0.29) is 23.2 Å². The predicted octanol–water partition coefficient (Wildman–Crippen LogP) is 3.61. The van der Waals surface area contributed by atoms with E-state index in [0.717, 1.165) is 47.0 Å². The van der Waals surface area contributed by atoms with Gasteiger partial charge in [-0.1, -0.05) is 24.6 Å². The molecular weight excluding hydrogens is 600 g/mol. The molecule has 14 heteroatoms. The number of anilines is 1. The summed E-state index contributed by atoms with van der Waals surface area (Å²) in [4.78, 5) is 48.4. The molecule has 1 saturated carbocycles. The second kappa shape index (κ2) is 12.5. The van der Waals surface area contributed by atoms with Gasteiger partial charge in [0.15, 0.2) is 0 Å². The first-order valence-corrected chi connectivity index (χ1v) is 15.1. The molecule has 5 heterocycles. The highest BCUT2D eigenvalue weighted by molar-refractivity contribution is 6.01. The Morgan fingerprint density at radius 2 is 1.64 bits per heavy atom. The average Bonchev–Trinajstić information content (AvgIpc) is 3.46. The number of aryl methyl sites for hydroxylation is 2. The standard InChI is InChI=1S/C24H24N6O.C9H8N4O3/c1-29-23-19(10-5-11-27-23)20-21(24(29)31)30(14-17-7-3-2-6-16(17)13-25)22(28-20)15-8-4-9-18(26)12-15;1-12-8-5(3-2-4-11-8)6(10)7(9(12)14)13(15)16/h2-3,5-7,10-11,15,18H,4,8-9,12,14,26H2,1H3;2-4H,10H2,1H3/t15?,18-;/m0./s1. The van der Waals surface area contributed by atoms with E-state index in [0.29, 0.717) is 39.8 Å². The summed E-state index contributed by atoms with van der Waals surface area (Å²) in [6.07, 6.45) is 7.09. The van der Waals surface area contributed by atoms with E-state index in [1.807, 2.05) is 41.0 Å². The van der Waals surface area contributed by atoms with Gasteiger partial charge in [0.2, 0.25) is 0 Å². The lowest BCUT2D eigenvalue weighted by atomic mass is 9.85. The van der Waals surface area contributed by atoms with Gasteiger partial charge in [-0.3, -0.25) is 28.8 Å². The van der Waals surface area contributed by atoms with Crippen LogP contribution in [0.25, 0.3) is 33.1 Å². The van der Waals surface area contributed by atoms with Crippen LogP contribution < -0.4 is 22.6 Å². The lowest BCUT2D eigenvalue weighted by Gasteiger charge is -2.26. The Kier molecular flexibility index (Phi) is 8.23. The van der Waals surface area contributed by atoms with E-state index in [9.17, 15) is 25.0 Å². The summed E-state index contributed by atoms with van der Waals surface area (Å²) >= 11 is 0. The molecule has 7 rings (SSSR count). The van der Waals surface area contributed by atoms with Crippen LogP contribution in [0.1, 0.15) is 48.6 Å². The summed E-state index contributed by atoms with van der Waals surface area (Å²) in [5.41, 5.74) is 13.9. The van der Waals surface area contributed by atoms with Crippen molar-refractivity contribution in [1.29, 1.82) is 5.26 Å². The summed E-state index contributed by atoms with van der Waals surface area (Å²) in [7, 11) is 3.16. The third kappa shape index (κ3) is 5.46. The minimum atomic E-state index is -0.774. The Morgan fingerprint density at radius 1 is 0.979 bits per heavy atom. The SMILES string of the molecule is Cn1c(=O)c([N+](=O)[O-])c(N)c2cccnc21.Cn1c(=O)c2c(nc(C3CCC[C@H](N)C3)n2Cc2ccccc2C#N)c2cccnc21. The number of aromatic nitrogens is 6. The molecule has 0 amide bonds. The lowest BCUT2D eigenvalue weighted by molar-refractivity contribution is -0.385. The first-order chi connectivity index (χ1) is 22.6. The number of nitriles is 1. The van der Waals surface area contributed by atoms with Crippen molar-refractivity contribution in [2.75, 3.05) is 5.73 Å². The number of pyridine rings is 4. The van der Waals surface area contributed by atoms with Crippen LogP contribution in [0, 0.1) is 21.4 Å². The fourth-order valence-electron chi connectivity index (χ4n) is 6.40. The minimum absolute atomic E-state index is 0.130. The zero-order chi connectivity index (χ0) is 33.4. The molecule has 47 heavy (non-hydrogen) atoms. The normalized spacial score (nSPS) is 16.1. The van der Waals surface area contributed by atoms with Crippen LogP contribution in [-0.4, -0.2) is 39.6 Å². The van der Waals surface area contributed by atoms with Gasteiger partial charge >= 0.3 is 11.2 Å². The number of nitro groups is 1. The van der Waals surface area contributed by atoms with Gasteiger partial charge in [-0.05, 0) is 55.2 Å². The van der Waals surface area contributed by atoms with Crippen molar-refractivity contribution in [2.24, 2.45) is 19.8 Å².